The predicted molar refractivity (Wildman–Crippen MR) is 110 cm³/mol. The lowest BCUT2D eigenvalue weighted by molar-refractivity contribution is 0.0919. The average molecular weight is 423 g/mol. The van der Waals surface area contributed by atoms with Gasteiger partial charge in [0.25, 0.3) is 11.5 Å². The first-order chi connectivity index (χ1) is 15.0. The Hall–Kier alpha value is -3.62. The average Bonchev–Trinajstić information content (AvgIpc) is 3.19. The molecule has 2 N–H and O–H groups in total. The fourth-order valence-corrected chi connectivity index (χ4v) is 4.40. The first kappa shape index (κ1) is 19.3. The molecule has 7 nitrogen and oxygen atoms in total. The van der Waals surface area contributed by atoms with Gasteiger partial charge >= 0.3 is 0 Å². The maximum Gasteiger partial charge on any atom is 0.272 e. The number of benzene rings is 1. The van der Waals surface area contributed by atoms with E-state index in [1.54, 1.807) is 6.07 Å². The van der Waals surface area contributed by atoms with E-state index >= 15 is 0 Å². The van der Waals surface area contributed by atoms with E-state index in [1.165, 1.54) is 6.20 Å². The SMILES string of the molecule is O=C(N[C@H]1CC[C@H](c2n[nH]c(=O)c3ccccc32)CC1)c1cnc2c(F)cc(F)cn12. The molecule has 31 heavy (non-hydrogen) atoms. The number of carbonyl (C=O) groups excluding carboxylic acids is 1. The van der Waals surface area contributed by atoms with Crippen LogP contribution in [0, 0.1) is 11.6 Å². The molecule has 1 amide bonds. The summed E-state index contributed by atoms with van der Waals surface area (Å²) >= 11 is 0. The molecule has 158 valence electrons. The summed E-state index contributed by atoms with van der Waals surface area (Å²) in [7, 11) is 0. The molecule has 0 radical (unpaired) electrons. The van der Waals surface area contributed by atoms with Crippen molar-refractivity contribution >= 4 is 22.3 Å². The highest BCUT2D eigenvalue weighted by Gasteiger charge is 2.27. The molecule has 0 unspecified atom stereocenters. The Morgan fingerprint density at radius 1 is 1.13 bits per heavy atom. The van der Waals surface area contributed by atoms with E-state index in [-0.39, 0.29) is 28.9 Å². The minimum absolute atomic E-state index is 0.0678. The quantitative estimate of drug-likeness (QED) is 0.529. The Morgan fingerprint density at radius 2 is 1.87 bits per heavy atom. The van der Waals surface area contributed by atoms with Crippen molar-refractivity contribution in [2.75, 3.05) is 0 Å². The number of hydrogen-bond donors (Lipinski definition) is 2. The van der Waals surface area contributed by atoms with Crippen molar-refractivity contribution in [3.63, 3.8) is 0 Å². The molecule has 1 aromatic carbocycles. The number of rotatable bonds is 3. The third-order valence-electron chi connectivity index (χ3n) is 5.93. The molecule has 1 aliphatic carbocycles. The standard InChI is InChI=1S/C22H19F2N5O2/c23-13-9-17(24)20-25-10-18(29(20)11-13)22(31)26-14-7-5-12(6-8-14)19-15-3-1-2-4-16(15)21(30)28-27-19/h1-4,9-12,14H,5-8H2,(H,26,31)(H,28,30)/t12-,14-. The van der Waals surface area contributed by atoms with Crippen LogP contribution >= 0.6 is 0 Å². The molecule has 1 saturated carbocycles. The number of nitrogens with zero attached hydrogens (tertiary/aromatic N) is 3. The normalized spacial score (nSPS) is 19.0. The van der Waals surface area contributed by atoms with Crippen LogP contribution < -0.4 is 10.9 Å². The smallest absolute Gasteiger partial charge is 0.272 e. The number of amides is 1. The van der Waals surface area contributed by atoms with Crippen LogP contribution in [0.4, 0.5) is 8.78 Å². The molecule has 1 fully saturated rings. The lowest BCUT2D eigenvalue weighted by Gasteiger charge is -2.29. The number of halogens is 2. The lowest BCUT2D eigenvalue weighted by Crippen LogP contribution is -2.38. The van der Waals surface area contributed by atoms with Crippen molar-refractivity contribution in [3.05, 3.63) is 76.1 Å². The topological polar surface area (TPSA) is 92.1 Å². The Balaban J connectivity index is 1.30. The largest absolute Gasteiger partial charge is 0.348 e. The highest BCUT2D eigenvalue weighted by Crippen LogP contribution is 2.34. The Bertz CT molecular complexity index is 1360. The number of pyridine rings is 1. The summed E-state index contributed by atoms with van der Waals surface area (Å²) < 4.78 is 28.5. The zero-order valence-electron chi connectivity index (χ0n) is 16.4. The van der Waals surface area contributed by atoms with Gasteiger partial charge in [0, 0.05) is 29.6 Å². The van der Waals surface area contributed by atoms with Crippen LogP contribution in [0.5, 0.6) is 0 Å². The van der Waals surface area contributed by atoms with Gasteiger partial charge < -0.3 is 5.32 Å². The second-order valence-corrected chi connectivity index (χ2v) is 7.85. The van der Waals surface area contributed by atoms with Gasteiger partial charge in [-0.15, -0.1) is 0 Å². The number of nitrogens with one attached hydrogen (secondary N) is 2. The minimum atomic E-state index is -0.819. The van der Waals surface area contributed by atoms with E-state index in [1.807, 2.05) is 18.2 Å². The molecule has 0 spiro atoms. The first-order valence-corrected chi connectivity index (χ1v) is 10.1. The fourth-order valence-electron chi connectivity index (χ4n) is 4.40. The molecule has 0 saturated heterocycles. The lowest BCUT2D eigenvalue weighted by atomic mass is 9.82. The number of H-pyrrole nitrogens is 1. The molecule has 3 heterocycles. The van der Waals surface area contributed by atoms with Gasteiger partial charge in [-0.3, -0.25) is 14.0 Å². The van der Waals surface area contributed by atoms with Crippen LogP contribution in [-0.2, 0) is 0 Å². The van der Waals surface area contributed by atoms with Gasteiger partial charge in [0.1, 0.15) is 11.5 Å². The van der Waals surface area contributed by atoms with Crippen LogP contribution in [0.15, 0.2) is 47.5 Å². The second kappa shape index (κ2) is 7.57. The molecule has 1 aliphatic rings. The summed E-state index contributed by atoms with van der Waals surface area (Å²) in [6.45, 7) is 0. The molecule has 0 aliphatic heterocycles. The highest BCUT2D eigenvalue weighted by molar-refractivity contribution is 5.93. The number of fused-ring (bicyclic) bond motifs is 2. The number of carbonyl (C=O) groups is 1. The van der Waals surface area contributed by atoms with Crippen molar-refractivity contribution in [1.29, 1.82) is 0 Å². The monoisotopic (exact) mass is 423 g/mol. The van der Waals surface area contributed by atoms with E-state index in [2.05, 4.69) is 20.5 Å². The summed E-state index contributed by atoms with van der Waals surface area (Å²) in [5, 5.41) is 11.3. The van der Waals surface area contributed by atoms with E-state index in [0.29, 0.717) is 5.39 Å². The third-order valence-corrected chi connectivity index (χ3v) is 5.93. The first-order valence-electron chi connectivity index (χ1n) is 10.1. The summed E-state index contributed by atoms with van der Waals surface area (Å²) in [6, 6.07) is 8.07. The number of hydrogen-bond acceptors (Lipinski definition) is 4. The minimum Gasteiger partial charge on any atom is -0.348 e. The van der Waals surface area contributed by atoms with Crippen molar-refractivity contribution in [3.8, 4) is 0 Å². The van der Waals surface area contributed by atoms with E-state index in [0.717, 1.165) is 53.4 Å². The van der Waals surface area contributed by atoms with Crippen LogP contribution in [0.1, 0.15) is 47.8 Å². The number of aromatic nitrogens is 4. The van der Waals surface area contributed by atoms with E-state index < -0.39 is 17.5 Å². The summed E-state index contributed by atoms with van der Waals surface area (Å²) in [5.74, 6) is -1.85. The third kappa shape index (κ3) is 3.45. The predicted octanol–water partition coefficient (Wildman–Crippen LogP) is 3.31. The van der Waals surface area contributed by atoms with E-state index in [9.17, 15) is 18.4 Å². The molecule has 4 aromatic rings. The van der Waals surface area contributed by atoms with Crippen molar-refractivity contribution in [2.45, 2.75) is 37.6 Å². The Labute approximate surface area is 175 Å². The van der Waals surface area contributed by atoms with Crippen molar-refractivity contribution in [2.24, 2.45) is 0 Å². The highest BCUT2D eigenvalue weighted by atomic mass is 19.1. The Morgan fingerprint density at radius 3 is 2.65 bits per heavy atom. The zero-order valence-corrected chi connectivity index (χ0v) is 16.4. The van der Waals surface area contributed by atoms with Gasteiger partial charge in [-0.25, -0.2) is 18.9 Å². The van der Waals surface area contributed by atoms with Crippen LogP contribution in [0.25, 0.3) is 16.4 Å². The fraction of sp³-hybridized carbons (Fsp3) is 0.273. The van der Waals surface area contributed by atoms with Crippen molar-refractivity contribution < 1.29 is 13.6 Å². The molecule has 3 aromatic heterocycles. The van der Waals surface area contributed by atoms with Gasteiger partial charge in [-0.2, -0.15) is 5.10 Å². The van der Waals surface area contributed by atoms with Gasteiger partial charge in [0.15, 0.2) is 11.5 Å². The summed E-state index contributed by atoms with van der Waals surface area (Å²) in [5.41, 5.74) is 0.656. The van der Waals surface area contributed by atoms with Gasteiger partial charge in [0.2, 0.25) is 0 Å². The second-order valence-electron chi connectivity index (χ2n) is 7.85. The molecule has 5 rings (SSSR count). The van der Waals surface area contributed by atoms with Crippen LogP contribution in [0.3, 0.4) is 0 Å². The molecule has 9 heteroatoms. The van der Waals surface area contributed by atoms with E-state index in [4.69, 9.17) is 0 Å². The molecular weight excluding hydrogens is 404 g/mol. The summed E-state index contributed by atoms with van der Waals surface area (Å²) in [4.78, 5) is 28.6. The molecule has 0 bridgehead atoms. The van der Waals surface area contributed by atoms with Crippen LogP contribution in [0.2, 0.25) is 0 Å². The molecule has 0 atom stereocenters. The van der Waals surface area contributed by atoms with Gasteiger partial charge in [-0.1, -0.05) is 18.2 Å². The van der Waals surface area contributed by atoms with Crippen LogP contribution in [-0.4, -0.2) is 31.5 Å². The zero-order chi connectivity index (χ0) is 21.5. The maximum absolute atomic E-state index is 13.8. The van der Waals surface area contributed by atoms with Gasteiger partial charge in [-0.05, 0) is 31.7 Å². The van der Waals surface area contributed by atoms with Gasteiger partial charge in [0.05, 0.1) is 17.3 Å². The number of aromatic amines is 1. The maximum atomic E-state index is 13.8. The summed E-state index contributed by atoms with van der Waals surface area (Å²) in [6.07, 6.45) is 5.34. The molecular formula is C22H19F2N5O2. The van der Waals surface area contributed by atoms with Crippen molar-refractivity contribution in [1.82, 2.24) is 24.9 Å². The Kier molecular flexibility index (Phi) is 4.72. The number of imidazole rings is 1.